The maximum atomic E-state index is 4.97. The van der Waals surface area contributed by atoms with E-state index in [0.717, 1.165) is 6.17 Å². The van der Waals surface area contributed by atoms with E-state index in [2.05, 4.69) is 24.5 Å². The molecule has 0 radical (unpaired) electrons. The van der Waals surface area contributed by atoms with E-state index in [1.54, 1.807) is 0 Å². The molecular formula is C5H12NSi+. The van der Waals surface area contributed by atoms with Gasteiger partial charge in [0, 0.05) is 0 Å². The van der Waals surface area contributed by atoms with Crippen molar-refractivity contribution < 1.29 is 0 Å². The fourth-order valence-electron chi connectivity index (χ4n) is 0.274. The summed E-state index contributed by atoms with van der Waals surface area (Å²) in [6.07, 6.45) is 0.882. The average molecular weight is 114 g/mol. The van der Waals surface area contributed by atoms with Crippen LogP contribution in [0.5, 0.6) is 0 Å². The van der Waals surface area contributed by atoms with Gasteiger partial charge in [-0.15, -0.1) is 0 Å². The molecule has 2 heteroatoms. The molecule has 0 bridgehead atoms. The third-order valence-electron chi connectivity index (χ3n) is 0.566. The van der Waals surface area contributed by atoms with Crippen molar-refractivity contribution in [1.82, 2.24) is 0 Å². The lowest BCUT2D eigenvalue weighted by atomic mass is 11.4. The molecule has 0 aromatic rings. The second-order valence-corrected chi connectivity index (χ2v) is 8.34. The lowest BCUT2D eigenvalue weighted by Gasteiger charge is -2.00. The number of nitrogens with zero attached hydrogens (tertiary/aromatic N) is 1. The van der Waals surface area contributed by atoms with Crippen LogP contribution in [0.25, 0.3) is 4.85 Å². The van der Waals surface area contributed by atoms with E-state index in [1.165, 1.54) is 0 Å². The standard InChI is InChI=1S/C5H12NSi/c1-6-5-7(2,3)4/h1H,5H2,2-4H3/q+1. The Morgan fingerprint density at radius 1 is 1.43 bits per heavy atom. The van der Waals surface area contributed by atoms with Crippen molar-refractivity contribution >= 4 is 8.07 Å². The lowest BCUT2D eigenvalue weighted by Crippen LogP contribution is -2.23. The van der Waals surface area contributed by atoms with Gasteiger partial charge < -0.3 is 0 Å². The third-order valence-corrected chi connectivity index (χ3v) is 1.70. The van der Waals surface area contributed by atoms with Gasteiger partial charge in [-0.3, -0.25) is 0 Å². The normalized spacial score (nSPS) is 10.6. The molecule has 40 valence electrons. The fraction of sp³-hybridized carbons (Fsp3) is 0.800. The van der Waals surface area contributed by atoms with Crippen LogP contribution in [0, 0.1) is 6.57 Å². The zero-order valence-corrected chi connectivity index (χ0v) is 6.23. The summed E-state index contributed by atoms with van der Waals surface area (Å²) < 4.78 is 0. The average Bonchev–Trinajstić information content (AvgIpc) is 1.30. The summed E-state index contributed by atoms with van der Waals surface area (Å²) >= 11 is 0. The predicted molar refractivity (Wildman–Crippen MR) is 36.5 cm³/mol. The molecule has 0 rings (SSSR count). The topological polar surface area (TPSA) is 4.36 Å². The van der Waals surface area contributed by atoms with Gasteiger partial charge in [0.05, 0.1) is 0 Å². The maximum Gasteiger partial charge on any atom is 0.257 e. The number of rotatable bonds is 1. The minimum Gasteiger partial charge on any atom is -0.0923 e. The van der Waals surface area contributed by atoms with Crippen LogP contribution in [-0.4, -0.2) is 14.2 Å². The van der Waals surface area contributed by atoms with Gasteiger partial charge in [0.2, 0.25) is 6.17 Å². The minimum absolute atomic E-state index is 0.882. The minimum atomic E-state index is -0.949. The summed E-state index contributed by atoms with van der Waals surface area (Å²) in [6, 6.07) is 0. The van der Waals surface area contributed by atoms with Crippen molar-refractivity contribution in [2.24, 2.45) is 0 Å². The Bertz CT molecular complexity index is 85.2. The molecule has 0 aliphatic carbocycles. The Labute approximate surface area is 46.2 Å². The van der Waals surface area contributed by atoms with Gasteiger partial charge in [0.25, 0.3) is 6.57 Å². The summed E-state index contributed by atoms with van der Waals surface area (Å²) in [7, 11) is -0.949. The van der Waals surface area contributed by atoms with Gasteiger partial charge in [0.15, 0.2) is 0 Å². The Morgan fingerprint density at radius 3 is 1.86 bits per heavy atom. The smallest absolute Gasteiger partial charge is 0.0923 e. The maximum absolute atomic E-state index is 4.97. The molecule has 1 nitrogen and oxygen atoms in total. The molecule has 0 spiro atoms. The molecule has 0 amide bonds. The molecule has 0 aliphatic heterocycles. The first kappa shape index (κ1) is 6.71. The van der Waals surface area contributed by atoms with E-state index < -0.39 is 8.07 Å². The number of hydrogen-bond acceptors (Lipinski definition) is 0. The quantitative estimate of drug-likeness (QED) is 0.458. The van der Waals surface area contributed by atoms with E-state index in [4.69, 9.17) is 6.57 Å². The molecule has 0 N–H and O–H groups in total. The van der Waals surface area contributed by atoms with Crippen molar-refractivity contribution in [2.45, 2.75) is 19.6 Å². The van der Waals surface area contributed by atoms with Gasteiger partial charge in [0.1, 0.15) is 8.07 Å². The van der Waals surface area contributed by atoms with Crippen molar-refractivity contribution in [2.75, 3.05) is 6.17 Å². The molecule has 0 aliphatic rings. The predicted octanol–water partition coefficient (Wildman–Crippen LogP) is 1.83. The summed E-state index contributed by atoms with van der Waals surface area (Å²) in [6.45, 7) is 11.7. The zero-order valence-electron chi connectivity index (χ0n) is 5.23. The molecule has 0 unspecified atom stereocenters. The van der Waals surface area contributed by atoms with Crippen LogP contribution in [0.2, 0.25) is 19.6 Å². The van der Waals surface area contributed by atoms with Crippen LogP contribution < -0.4 is 0 Å². The molecule has 0 aromatic heterocycles. The van der Waals surface area contributed by atoms with Crippen molar-refractivity contribution in [3.8, 4) is 6.57 Å². The van der Waals surface area contributed by atoms with Gasteiger partial charge in [-0.1, -0.05) is 24.5 Å². The van der Waals surface area contributed by atoms with Gasteiger partial charge in [-0.05, 0) is 0 Å². The highest BCUT2D eigenvalue weighted by atomic mass is 28.3. The third kappa shape index (κ3) is 5.71. The summed E-state index contributed by atoms with van der Waals surface area (Å²) in [4.78, 5) is 3.57. The monoisotopic (exact) mass is 114 g/mol. The largest absolute Gasteiger partial charge is 0.257 e. The molecule has 0 atom stereocenters. The molecule has 0 heterocycles. The van der Waals surface area contributed by atoms with Crippen LogP contribution in [-0.2, 0) is 0 Å². The van der Waals surface area contributed by atoms with E-state index in [1.807, 2.05) is 0 Å². The Hall–Kier alpha value is -0.293. The van der Waals surface area contributed by atoms with Crippen molar-refractivity contribution in [1.29, 1.82) is 0 Å². The zero-order chi connectivity index (χ0) is 5.91. The molecule has 0 aromatic carbocycles. The van der Waals surface area contributed by atoms with Gasteiger partial charge in [-0.2, -0.15) is 0 Å². The summed E-state index contributed by atoms with van der Waals surface area (Å²) in [5, 5.41) is 0. The van der Waals surface area contributed by atoms with Crippen LogP contribution >= 0.6 is 0 Å². The second kappa shape index (κ2) is 2.13. The SMILES string of the molecule is C#[N+]C[Si](C)(C)C. The highest BCUT2D eigenvalue weighted by Crippen LogP contribution is 1.98. The van der Waals surface area contributed by atoms with Crippen molar-refractivity contribution in [3.05, 3.63) is 4.85 Å². The Balaban J connectivity index is 3.40. The van der Waals surface area contributed by atoms with Crippen LogP contribution in [0.1, 0.15) is 0 Å². The molecule has 0 saturated heterocycles. The molecule has 0 fully saturated rings. The molecule has 7 heavy (non-hydrogen) atoms. The van der Waals surface area contributed by atoms with E-state index in [9.17, 15) is 0 Å². The lowest BCUT2D eigenvalue weighted by molar-refractivity contribution is 1.54. The first-order valence-electron chi connectivity index (χ1n) is 2.43. The Morgan fingerprint density at radius 2 is 1.86 bits per heavy atom. The van der Waals surface area contributed by atoms with Crippen LogP contribution in [0.3, 0.4) is 0 Å². The van der Waals surface area contributed by atoms with E-state index >= 15 is 0 Å². The summed E-state index contributed by atoms with van der Waals surface area (Å²) in [5.41, 5.74) is 0. The number of hydrogen-bond donors (Lipinski definition) is 0. The van der Waals surface area contributed by atoms with E-state index in [-0.39, 0.29) is 0 Å². The summed E-state index contributed by atoms with van der Waals surface area (Å²) in [5.74, 6) is 0. The fourth-order valence-corrected chi connectivity index (χ4v) is 0.822. The molecular weight excluding hydrogens is 102 g/mol. The van der Waals surface area contributed by atoms with Crippen molar-refractivity contribution in [3.63, 3.8) is 0 Å². The van der Waals surface area contributed by atoms with Crippen LogP contribution in [0.15, 0.2) is 0 Å². The Kier molecular flexibility index (Phi) is 2.04. The first-order chi connectivity index (χ1) is 3.06. The van der Waals surface area contributed by atoms with E-state index in [0.29, 0.717) is 0 Å². The second-order valence-electron chi connectivity index (χ2n) is 2.90. The van der Waals surface area contributed by atoms with Gasteiger partial charge in [-0.25, -0.2) is 0 Å². The first-order valence-corrected chi connectivity index (χ1v) is 6.14. The molecule has 0 saturated carbocycles. The highest BCUT2D eigenvalue weighted by molar-refractivity contribution is 6.76. The van der Waals surface area contributed by atoms with Gasteiger partial charge >= 0.3 is 0 Å². The van der Waals surface area contributed by atoms with Crippen LogP contribution in [0.4, 0.5) is 0 Å². The highest BCUT2D eigenvalue weighted by Gasteiger charge is 2.18.